The van der Waals surface area contributed by atoms with Gasteiger partial charge in [0.05, 0.1) is 4.90 Å². The lowest BCUT2D eigenvalue weighted by atomic mass is 10.4. The molecule has 0 saturated carbocycles. The van der Waals surface area contributed by atoms with E-state index in [0.29, 0.717) is 5.02 Å². The Hall–Kier alpha value is -1.51. The van der Waals surface area contributed by atoms with E-state index in [1.54, 1.807) is 6.07 Å². The SMILES string of the molecule is N#C/C(=C\N1CCCC1)S(=O)(=O)c1ccc(Cl)cc1. The molecule has 0 spiro atoms. The van der Waals surface area contributed by atoms with E-state index >= 15 is 0 Å². The van der Waals surface area contributed by atoms with Crippen LogP contribution in [-0.4, -0.2) is 26.4 Å². The standard InChI is InChI=1S/C13H13ClN2O2S/c14-11-3-5-12(6-4-11)19(17,18)13(9-15)10-16-7-1-2-8-16/h3-6,10H,1-2,7-8H2/b13-10+. The predicted octanol–water partition coefficient (Wildman–Crippen LogP) is 2.57. The molecule has 0 unspecified atom stereocenters. The van der Waals surface area contributed by atoms with Crippen molar-refractivity contribution in [3.8, 4) is 6.07 Å². The zero-order valence-electron chi connectivity index (χ0n) is 10.2. The average Bonchev–Trinajstić information content (AvgIpc) is 2.89. The normalized spacial score (nSPS) is 16.4. The van der Waals surface area contributed by atoms with Gasteiger partial charge in [-0.15, -0.1) is 0 Å². The predicted molar refractivity (Wildman–Crippen MR) is 73.1 cm³/mol. The molecule has 100 valence electrons. The van der Waals surface area contributed by atoms with Gasteiger partial charge in [0.2, 0.25) is 9.84 Å². The Morgan fingerprint density at radius 3 is 2.37 bits per heavy atom. The summed E-state index contributed by atoms with van der Waals surface area (Å²) in [4.78, 5) is 1.73. The molecule has 6 heteroatoms. The topological polar surface area (TPSA) is 61.2 Å². The van der Waals surface area contributed by atoms with Crippen molar-refractivity contribution in [2.24, 2.45) is 0 Å². The molecule has 0 aliphatic carbocycles. The highest BCUT2D eigenvalue weighted by Gasteiger charge is 2.22. The van der Waals surface area contributed by atoms with Crippen LogP contribution in [0.3, 0.4) is 0 Å². The summed E-state index contributed by atoms with van der Waals surface area (Å²) >= 11 is 5.73. The van der Waals surface area contributed by atoms with Gasteiger partial charge in [-0.3, -0.25) is 0 Å². The highest BCUT2D eigenvalue weighted by molar-refractivity contribution is 7.95. The van der Waals surface area contributed by atoms with E-state index in [-0.39, 0.29) is 9.80 Å². The average molecular weight is 297 g/mol. The minimum absolute atomic E-state index is 0.0869. The van der Waals surface area contributed by atoms with Crippen molar-refractivity contribution in [3.63, 3.8) is 0 Å². The van der Waals surface area contributed by atoms with Crippen LogP contribution in [0.4, 0.5) is 0 Å². The van der Waals surface area contributed by atoms with E-state index < -0.39 is 9.84 Å². The number of hydrogen-bond donors (Lipinski definition) is 0. The largest absolute Gasteiger partial charge is 0.376 e. The Bertz CT molecular complexity index is 624. The third-order valence-electron chi connectivity index (χ3n) is 2.96. The molecule has 0 N–H and O–H groups in total. The summed E-state index contributed by atoms with van der Waals surface area (Å²) in [6.07, 6.45) is 3.49. The maximum atomic E-state index is 12.3. The highest BCUT2D eigenvalue weighted by atomic mass is 35.5. The van der Waals surface area contributed by atoms with Gasteiger partial charge in [0, 0.05) is 24.3 Å². The number of rotatable bonds is 3. The van der Waals surface area contributed by atoms with Gasteiger partial charge in [0.1, 0.15) is 6.07 Å². The van der Waals surface area contributed by atoms with Gasteiger partial charge >= 0.3 is 0 Å². The van der Waals surface area contributed by atoms with Crippen molar-refractivity contribution in [3.05, 3.63) is 40.4 Å². The number of likely N-dealkylation sites (tertiary alicyclic amines) is 1. The molecule has 0 amide bonds. The Morgan fingerprint density at radius 2 is 1.84 bits per heavy atom. The lowest BCUT2D eigenvalue weighted by molar-refractivity contribution is 0.466. The molecule has 4 nitrogen and oxygen atoms in total. The van der Waals surface area contributed by atoms with E-state index in [0.717, 1.165) is 25.9 Å². The number of nitrogens with zero attached hydrogens (tertiary/aromatic N) is 2. The molecule has 2 rings (SSSR count). The maximum Gasteiger partial charge on any atom is 0.218 e. The van der Waals surface area contributed by atoms with Crippen molar-refractivity contribution in [1.29, 1.82) is 5.26 Å². The second kappa shape index (κ2) is 5.64. The Kier molecular flexibility index (Phi) is 4.13. The first-order valence-electron chi connectivity index (χ1n) is 5.90. The fraction of sp³-hybridized carbons (Fsp3) is 0.308. The molecule has 1 aliphatic rings. The second-order valence-electron chi connectivity index (χ2n) is 4.31. The summed E-state index contributed by atoms with van der Waals surface area (Å²) in [5, 5.41) is 9.55. The number of benzene rings is 1. The van der Waals surface area contributed by atoms with Gasteiger partial charge < -0.3 is 4.90 Å². The van der Waals surface area contributed by atoms with Gasteiger partial charge in [0.25, 0.3) is 0 Å². The Labute approximate surface area is 117 Å². The van der Waals surface area contributed by atoms with Crippen molar-refractivity contribution >= 4 is 21.4 Å². The number of allylic oxidation sites excluding steroid dienone is 1. The van der Waals surface area contributed by atoms with E-state index in [4.69, 9.17) is 16.9 Å². The first-order chi connectivity index (χ1) is 9.04. The summed E-state index contributed by atoms with van der Waals surface area (Å²) in [5.41, 5.74) is 0. The van der Waals surface area contributed by atoms with Crippen LogP contribution in [0, 0.1) is 11.3 Å². The fourth-order valence-corrected chi connectivity index (χ4v) is 3.22. The Balaban J connectivity index is 2.36. The summed E-state index contributed by atoms with van der Waals surface area (Å²) in [7, 11) is -3.76. The van der Waals surface area contributed by atoms with Gasteiger partial charge in [-0.2, -0.15) is 5.26 Å². The summed E-state index contributed by atoms with van der Waals surface area (Å²) in [5.74, 6) is 0. The lowest BCUT2D eigenvalue weighted by Crippen LogP contribution is -2.14. The molecule has 0 aromatic heterocycles. The third-order valence-corrected chi connectivity index (χ3v) is 4.88. The smallest absolute Gasteiger partial charge is 0.218 e. The van der Waals surface area contributed by atoms with Gasteiger partial charge in [0.15, 0.2) is 4.91 Å². The van der Waals surface area contributed by atoms with Gasteiger partial charge in [-0.05, 0) is 37.1 Å². The van der Waals surface area contributed by atoms with Crippen LogP contribution in [0.15, 0.2) is 40.3 Å². The zero-order chi connectivity index (χ0) is 13.9. The van der Waals surface area contributed by atoms with Crippen molar-refractivity contribution in [1.82, 2.24) is 4.90 Å². The molecule has 0 radical (unpaired) electrons. The first-order valence-corrected chi connectivity index (χ1v) is 7.77. The zero-order valence-corrected chi connectivity index (χ0v) is 11.8. The molecule has 19 heavy (non-hydrogen) atoms. The van der Waals surface area contributed by atoms with Crippen molar-refractivity contribution in [2.45, 2.75) is 17.7 Å². The van der Waals surface area contributed by atoms with Crippen LogP contribution < -0.4 is 0 Å². The molecule has 1 aromatic carbocycles. The molecular formula is C13H13ClN2O2S. The molecule has 1 aliphatic heterocycles. The van der Waals surface area contributed by atoms with Crippen LogP contribution in [0.5, 0.6) is 0 Å². The number of hydrogen-bond acceptors (Lipinski definition) is 4. The Morgan fingerprint density at radius 1 is 1.26 bits per heavy atom. The minimum atomic E-state index is -3.76. The maximum absolute atomic E-state index is 12.3. The number of sulfone groups is 1. The van der Waals surface area contributed by atoms with E-state index in [1.165, 1.54) is 30.5 Å². The second-order valence-corrected chi connectivity index (χ2v) is 6.66. The van der Waals surface area contributed by atoms with E-state index in [9.17, 15) is 8.42 Å². The van der Waals surface area contributed by atoms with Crippen LogP contribution in [0.2, 0.25) is 5.02 Å². The van der Waals surface area contributed by atoms with Crippen molar-refractivity contribution in [2.75, 3.05) is 13.1 Å². The quantitative estimate of drug-likeness (QED) is 0.804. The van der Waals surface area contributed by atoms with Crippen LogP contribution in [-0.2, 0) is 9.84 Å². The first kappa shape index (κ1) is 13.9. The molecule has 1 fully saturated rings. The summed E-state index contributed by atoms with van der Waals surface area (Å²) in [6, 6.07) is 7.60. The molecule has 1 heterocycles. The van der Waals surface area contributed by atoms with Crippen LogP contribution in [0.1, 0.15) is 12.8 Å². The molecule has 0 atom stereocenters. The minimum Gasteiger partial charge on any atom is -0.376 e. The van der Waals surface area contributed by atoms with E-state index in [1.807, 2.05) is 4.90 Å². The van der Waals surface area contributed by atoms with Gasteiger partial charge in [-0.25, -0.2) is 8.42 Å². The molecule has 1 saturated heterocycles. The van der Waals surface area contributed by atoms with Crippen LogP contribution in [0.25, 0.3) is 0 Å². The molecule has 0 bridgehead atoms. The monoisotopic (exact) mass is 296 g/mol. The fourth-order valence-electron chi connectivity index (χ4n) is 1.94. The summed E-state index contributed by atoms with van der Waals surface area (Å²) in [6.45, 7) is 1.59. The van der Waals surface area contributed by atoms with Gasteiger partial charge in [-0.1, -0.05) is 11.6 Å². The number of nitriles is 1. The van der Waals surface area contributed by atoms with E-state index in [2.05, 4.69) is 0 Å². The van der Waals surface area contributed by atoms with Crippen molar-refractivity contribution < 1.29 is 8.42 Å². The third kappa shape index (κ3) is 3.09. The number of halogens is 1. The molecular weight excluding hydrogens is 284 g/mol. The molecule has 1 aromatic rings. The lowest BCUT2D eigenvalue weighted by Gasteiger charge is -2.12. The van der Waals surface area contributed by atoms with Crippen LogP contribution >= 0.6 is 11.6 Å². The highest BCUT2D eigenvalue weighted by Crippen LogP contribution is 2.22. The summed E-state index contributed by atoms with van der Waals surface area (Å²) < 4.78 is 24.6.